The summed E-state index contributed by atoms with van der Waals surface area (Å²) >= 11 is 2.15. The normalized spacial score (nSPS) is 44.8. The third kappa shape index (κ3) is 1.39. The van der Waals surface area contributed by atoms with Gasteiger partial charge < -0.3 is 5.73 Å². The molecular formula is C10H19NS. The summed E-state index contributed by atoms with van der Waals surface area (Å²) in [6.07, 6.45) is 2.84. The van der Waals surface area contributed by atoms with Crippen LogP contribution in [-0.4, -0.2) is 17.0 Å². The van der Waals surface area contributed by atoms with Crippen LogP contribution in [0.5, 0.6) is 0 Å². The Kier molecular flexibility index (Phi) is 2.16. The van der Waals surface area contributed by atoms with E-state index >= 15 is 0 Å². The average Bonchev–Trinajstić information content (AvgIpc) is 2.70. The van der Waals surface area contributed by atoms with Crippen molar-refractivity contribution < 1.29 is 0 Å². The van der Waals surface area contributed by atoms with Crippen molar-refractivity contribution in [1.29, 1.82) is 0 Å². The van der Waals surface area contributed by atoms with Crippen LogP contribution in [0.2, 0.25) is 0 Å². The van der Waals surface area contributed by atoms with Gasteiger partial charge in [0.2, 0.25) is 0 Å². The van der Waals surface area contributed by atoms with Crippen molar-refractivity contribution >= 4 is 11.8 Å². The Balaban J connectivity index is 1.96. The highest BCUT2D eigenvalue weighted by Gasteiger charge is 2.49. The molecule has 1 aliphatic heterocycles. The van der Waals surface area contributed by atoms with Gasteiger partial charge >= 0.3 is 0 Å². The highest BCUT2D eigenvalue weighted by atomic mass is 32.2. The molecule has 1 aliphatic carbocycles. The molecule has 1 nitrogen and oxygen atoms in total. The summed E-state index contributed by atoms with van der Waals surface area (Å²) in [7, 11) is 0. The molecule has 0 aromatic carbocycles. The van der Waals surface area contributed by atoms with Crippen LogP contribution < -0.4 is 5.73 Å². The van der Waals surface area contributed by atoms with Gasteiger partial charge in [-0.25, -0.2) is 0 Å². The molecule has 2 N–H and O–H groups in total. The zero-order valence-corrected chi connectivity index (χ0v) is 8.86. The molecule has 0 amide bonds. The van der Waals surface area contributed by atoms with E-state index in [1.807, 2.05) is 0 Å². The van der Waals surface area contributed by atoms with Gasteiger partial charge in [-0.05, 0) is 42.9 Å². The van der Waals surface area contributed by atoms with E-state index in [9.17, 15) is 0 Å². The van der Waals surface area contributed by atoms with Crippen molar-refractivity contribution in [2.45, 2.75) is 31.4 Å². The molecule has 0 aromatic heterocycles. The number of rotatable bonds is 2. The second-order valence-corrected chi connectivity index (χ2v) is 6.49. The van der Waals surface area contributed by atoms with Crippen LogP contribution in [0.1, 0.15) is 26.7 Å². The Morgan fingerprint density at radius 3 is 2.67 bits per heavy atom. The third-order valence-corrected chi connectivity index (χ3v) is 5.08. The first kappa shape index (κ1) is 8.89. The molecule has 2 aliphatic rings. The molecule has 1 saturated carbocycles. The second kappa shape index (κ2) is 2.91. The highest BCUT2D eigenvalue weighted by molar-refractivity contribution is 8.00. The fourth-order valence-corrected chi connectivity index (χ4v) is 4.07. The van der Waals surface area contributed by atoms with Crippen molar-refractivity contribution in [2.24, 2.45) is 23.5 Å². The first-order valence-electron chi connectivity index (χ1n) is 4.99. The van der Waals surface area contributed by atoms with E-state index in [-0.39, 0.29) is 0 Å². The zero-order valence-electron chi connectivity index (χ0n) is 8.05. The van der Waals surface area contributed by atoms with Crippen molar-refractivity contribution in [3.05, 3.63) is 0 Å². The quantitative estimate of drug-likeness (QED) is 0.713. The lowest BCUT2D eigenvalue weighted by atomic mass is 9.87. The molecule has 1 saturated heterocycles. The van der Waals surface area contributed by atoms with Gasteiger partial charge in [0.25, 0.3) is 0 Å². The predicted molar refractivity (Wildman–Crippen MR) is 55.3 cm³/mol. The molecular weight excluding hydrogens is 166 g/mol. The van der Waals surface area contributed by atoms with E-state index in [1.165, 1.54) is 18.6 Å². The van der Waals surface area contributed by atoms with Crippen LogP contribution in [0, 0.1) is 17.8 Å². The maximum Gasteiger partial charge on any atom is 0.0134 e. The van der Waals surface area contributed by atoms with Crippen LogP contribution in [0.25, 0.3) is 0 Å². The summed E-state index contributed by atoms with van der Waals surface area (Å²) in [4.78, 5) is 0. The maximum atomic E-state index is 5.67. The highest BCUT2D eigenvalue weighted by Crippen LogP contribution is 2.56. The second-order valence-electron chi connectivity index (χ2n) is 4.74. The minimum absolute atomic E-state index is 0.536. The molecule has 2 heteroatoms. The van der Waals surface area contributed by atoms with Crippen molar-refractivity contribution in [3.63, 3.8) is 0 Å². The lowest BCUT2D eigenvalue weighted by molar-refractivity contribution is 0.367. The lowest BCUT2D eigenvalue weighted by Crippen LogP contribution is -2.25. The van der Waals surface area contributed by atoms with E-state index in [0.29, 0.717) is 4.75 Å². The zero-order chi connectivity index (χ0) is 8.77. The topological polar surface area (TPSA) is 26.0 Å². The number of hydrogen-bond acceptors (Lipinski definition) is 2. The van der Waals surface area contributed by atoms with Crippen LogP contribution in [0.3, 0.4) is 0 Å². The molecule has 0 bridgehead atoms. The minimum Gasteiger partial charge on any atom is -0.330 e. The Labute approximate surface area is 79.5 Å². The number of nitrogens with two attached hydrogens (primary N) is 1. The van der Waals surface area contributed by atoms with Crippen LogP contribution in [-0.2, 0) is 0 Å². The van der Waals surface area contributed by atoms with Crippen LogP contribution in [0.4, 0.5) is 0 Å². The molecule has 3 unspecified atom stereocenters. The van der Waals surface area contributed by atoms with E-state index in [4.69, 9.17) is 5.73 Å². The van der Waals surface area contributed by atoms with Gasteiger partial charge in [0.15, 0.2) is 0 Å². The third-order valence-electron chi connectivity index (χ3n) is 3.59. The van der Waals surface area contributed by atoms with E-state index in [2.05, 4.69) is 25.6 Å². The van der Waals surface area contributed by atoms with Gasteiger partial charge in [-0.2, -0.15) is 11.8 Å². The van der Waals surface area contributed by atoms with Gasteiger partial charge in [0, 0.05) is 4.75 Å². The lowest BCUT2D eigenvalue weighted by Gasteiger charge is -2.26. The molecule has 0 aromatic rings. The van der Waals surface area contributed by atoms with Crippen molar-refractivity contribution in [1.82, 2.24) is 0 Å². The van der Waals surface area contributed by atoms with Gasteiger partial charge in [-0.15, -0.1) is 0 Å². The molecule has 2 fully saturated rings. The summed E-state index contributed by atoms with van der Waals surface area (Å²) in [5, 5.41) is 0. The summed E-state index contributed by atoms with van der Waals surface area (Å²) < 4.78 is 0.536. The van der Waals surface area contributed by atoms with Crippen molar-refractivity contribution in [3.8, 4) is 0 Å². The van der Waals surface area contributed by atoms with E-state index in [1.54, 1.807) is 0 Å². The Bertz CT molecular complexity index is 179. The van der Waals surface area contributed by atoms with Crippen LogP contribution in [0.15, 0.2) is 0 Å². The minimum atomic E-state index is 0.536. The molecule has 2 rings (SSSR count). The summed E-state index contributed by atoms with van der Waals surface area (Å²) in [6.45, 7) is 5.73. The Hall–Kier alpha value is 0.310. The summed E-state index contributed by atoms with van der Waals surface area (Å²) in [5.41, 5.74) is 5.67. The molecule has 0 radical (unpaired) electrons. The molecule has 0 spiro atoms. The Morgan fingerprint density at radius 2 is 2.25 bits per heavy atom. The van der Waals surface area contributed by atoms with Crippen LogP contribution >= 0.6 is 11.8 Å². The molecule has 70 valence electrons. The van der Waals surface area contributed by atoms with Gasteiger partial charge in [0.05, 0.1) is 0 Å². The maximum absolute atomic E-state index is 5.67. The average molecular weight is 185 g/mol. The smallest absolute Gasteiger partial charge is 0.0134 e. The Morgan fingerprint density at radius 1 is 1.50 bits per heavy atom. The fraction of sp³-hybridized carbons (Fsp3) is 1.00. The van der Waals surface area contributed by atoms with E-state index in [0.717, 1.165) is 24.3 Å². The van der Waals surface area contributed by atoms with E-state index < -0.39 is 0 Å². The molecule has 3 atom stereocenters. The number of thioether (sulfide) groups is 1. The largest absolute Gasteiger partial charge is 0.330 e. The van der Waals surface area contributed by atoms with Gasteiger partial charge in [0.1, 0.15) is 0 Å². The SMILES string of the molecule is CC1(C)SCCC1C1CC1CN. The standard InChI is InChI=1S/C10H19NS/c1-10(2)9(3-4-12-10)8-5-7(8)6-11/h7-9H,3-6,11H2,1-2H3. The number of hydrogen-bond donors (Lipinski definition) is 1. The summed E-state index contributed by atoms with van der Waals surface area (Å²) in [5.74, 6) is 4.16. The summed E-state index contributed by atoms with van der Waals surface area (Å²) in [6, 6.07) is 0. The van der Waals surface area contributed by atoms with Gasteiger partial charge in [-0.1, -0.05) is 13.8 Å². The van der Waals surface area contributed by atoms with Crippen molar-refractivity contribution in [2.75, 3.05) is 12.3 Å². The first-order chi connectivity index (χ1) is 5.65. The van der Waals surface area contributed by atoms with Gasteiger partial charge in [-0.3, -0.25) is 0 Å². The predicted octanol–water partition coefficient (Wildman–Crippen LogP) is 2.11. The first-order valence-corrected chi connectivity index (χ1v) is 5.97. The monoisotopic (exact) mass is 185 g/mol. The fourth-order valence-electron chi connectivity index (χ4n) is 2.67. The molecule has 12 heavy (non-hydrogen) atoms. The molecule has 1 heterocycles.